The van der Waals surface area contributed by atoms with E-state index in [4.69, 9.17) is 18.6 Å². The van der Waals surface area contributed by atoms with Crippen LogP contribution in [0.2, 0.25) is 0 Å². The lowest BCUT2D eigenvalue weighted by molar-refractivity contribution is -0.113. The van der Waals surface area contributed by atoms with E-state index in [1.54, 1.807) is 38.7 Å². The molecule has 1 saturated heterocycles. The van der Waals surface area contributed by atoms with E-state index in [-0.39, 0.29) is 17.8 Å². The van der Waals surface area contributed by atoms with Gasteiger partial charge >= 0.3 is 0 Å². The summed E-state index contributed by atoms with van der Waals surface area (Å²) < 4.78 is 23.8. The number of nitrogens with one attached hydrogen (secondary N) is 1. The van der Waals surface area contributed by atoms with Gasteiger partial charge in [-0.1, -0.05) is 11.8 Å². The second-order valence-electron chi connectivity index (χ2n) is 6.93. The zero-order valence-corrected chi connectivity index (χ0v) is 18.2. The number of benzene rings is 1. The van der Waals surface area contributed by atoms with Gasteiger partial charge in [-0.15, -0.1) is 10.2 Å². The normalized spacial score (nSPS) is 15.7. The van der Waals surface area contributed by atoms with E-state index in [0.717, 1.165) is 19.4 Å². The van der Waals surface area contributed by atoms with Crippen LogP contribution >= 0.6 is 11.8 Å². The standard InChI is InChI=1S/C21H24N4O5S/c1-27-14-7-8-17(28-2)16(11-14)22-19(26)13-31-21-24-23-20(18-6-4-10-30-18)25(21)12-15-5-3-9-29-15/h4,6-8,10-11,15H,3,5,9,12-13H2,1-2H3,(H,22,26)/t15-/m1/s1. The number of furan rings is 1. The summed E-state index contributed by atoms with van der Waals surface area (Å²) in [6, 6.07) is 8.88. The van der Waals surface area contributed by atoms with Crippen molar-refractivity contribution in [3.8, 4) is 23.1 Å². The Kier molecular flexibility index (Phi) is 6.78. The Morgan fingerprint density at radius 3 is 2.90 bits per heavy atom. The summed E-state index contributed by atoms with van der Waals surface area (Å²) in [7, 11) is 3.12. The number of carbonyl (C=O) groups is 1. The zero-order valence-electron chi connectivity index (χ0n) is 17.4. The van der Waals surface area contributed by atoms with E-state index in [1.807, 2.05) is 16.7 Å². The third-order valence-electron chi connectivity index (χ3n) is 4.88. The summed E-state index contributed by atoms with van der Waals surface area (Å²) in [5, 5.41) is 12.1. The molecule has 1 aromatic carbocycles. The summed E-state index contributed by atoms with van der Waals surface area (Å²) >= 11 is 1.31. The molecule has 0 radical (unpaired) electrons. The van der Waals surface area contributed by atoms with Crippen molar-refractivity contribution >= 4 is 23.4 Å². The Balaban J connectivity index is 1.47. The van der Waals surface area contributed by atoms with Gasteiger partial charge in [0, 0.05) is 12.7 Å². The molecule has 1 aliphatic rings. The monoisotopic (exact) mass is 444 g/mol. The molecular formula is C21H24N4O5S. The molecule has 3 heterocycles. The van der Waals surface area contributed by atoms with Gasteiger partial charge in [0.2, 0.25) is 11.7 Å². The lowest BCUT2D eigenvalue weighted by Gasteiger charge is -2.14. The van der Waals surface area contributed by atoms with Crippen molar-refractivity contribution < 1.29 is 23.4 Å². The average Bonchev–Trinajstić information content (AvgIpc) is 3.55. The molecule has 0 bridgehead atoms. The van der Waals surface area contributed by atoms with Gasteiger partial charge in [0.05, 0.1) is 44.6 Å². The van der Waals surface area contributed by atoms with Crippen LogP contribution in [0.15, 0.2) is 46.2 Å². The molecule has 2 aromatic heterocycles. The van der Waals surface area contributed by atoms with Crippen LogP contribution in [0.5, 0.6) is 11.5 Å². The SMILES string of the molecule is COc1ccc(OC)c(NC(=O)CSc2nnc(-c3ccco3)n2C[C@H]2CCCO2)c1. The predicted molar refractivity (Wildman–Crippen MR) is 116 cm³/mol. The molecule has 1 atom stereocenters. The molecule has 1 amide bonds. The van der Waals surface area contributed by atoms with Gasteiger partial charge in [0.25, 0.3) is 0 Å². The van der Waals surface area contributed by atoms with Crippen LogP contribution in [0.1, 0.15) is 12.8 Å². The van der Waals surface area contributed by atoms with Gasteiger partial charge < -0.3 is 23.9 Å². The second kappa shape index (κ2) is 9.88. The maximum atomic E-state index is 12.6. The molecule has 0 saturated carbocycles. The lowest BCUT2D eigenvalue weighted by Crippen LogP contribution is -2.18. The molecule has 10 heteroatoms. The van der Waals surface area contributed by atoms with Gasteiger partial charge in [0.15, 0.2) is 10.9 Å². The minimum Gasteiger partial charge on any atom is -0.497 e. The summed E-state index contributed by atoms with van der Waals surface area (Å²) in [5.74, 6) is 2.40. The van der Waals surface area contributed by atoms with Crippen molar-refractivity contribution in [2.75, 3.05) is 31.9 Å². The van der Waals surface area contributed by atoms with Gasteiger partial charge in [-0.05, 0) is 37.1 Å². The lowest BCUT2D eigenvalue weighted by atomic mass is 10.2. The number of anilines is 1. The predicted octanol–water partition coefficient (Wildman–Crippen LogP) is 3.47. The Hall–Kier alpha value is -2.98. The summed E-state index contributed by atoms with van der Waals surface area (Å²) in [4.78, 5) is 12.6. The van der Waals surface area contributed by atoms with Crippen LogP contribution in [-0.4, -0.2) is 53.4 Å². The average molecular weight is 445 g/mol. The van der Waals surface area contributed by atoms with Crippen molar-refractivity contribution in [1.82, 2.24) is 14.8 Å². The van der Waals surface area contributed by atoms with Crippen LogP contribution in [0.25, 0.3) is 11.6 Å². The number of hydrogen-bond acceptors (Lipinski definition) is 8. The van der Waals surface area contributed by atoms with Gasteiger partial charge in [-0.25, -0.2) is 0 Å². The number of carbonyl (C=O) groups excluding carboxylic acids is 1. The van der Waals surface area contributed by atoms with Crippen molar-refractivity contribution in [3.05, 3.63) is 36.6 Å². The Labute approximate surface area is 184 Å². The molecule has 0 unspecified atom stereocenters. The first kappa shape index (κ1) is 21.3. The second-order valence-corrected chi connectivity index (χ2v) is 7.87. The van der Waals surface area contributed by atoms with Crippen LogP contribution in [0.4, 0.5) is 5.69 Å². The Morgan fingerprint density at radius 2 is 2.19 bits per heavy atom. The number of rotatable bonds is 9. The fraction of sp³-hybridized carbons (Fsp3) is 0.381. The first-order valence-electron chi connectivity index (χ1n) is 9.91. The third-order valence-corrected chi connectivity index (χ3v) is 5.85. The van der Waals surface area contributed by atoms with Crippen LogP contribution in [-0.2, 0) is 16.1 Å². The van der Waals surface area contributed by atoms with Crippen molar-refractivity contribution in [3.63, 3.8) is 0 Å². The largest absolute Gasteiger partial charge is 0.497 e. The number of aromatic nitrogens is 3. The van der Waals surface area contributed by atoms with Gasteiger partial charge in [-0.3, -0.25) is 9.36 Å². The molecule has 3 aromatic rings. The zero-order chi connectivity index (χ0) is 21.6. The van der Waals surface area contributed by atoms with Crippen molar-refractivity contribution in [2.45, 2.75) is 30.6 Å². The number of hydrogen-bond donors (Lipinski definition) is 1. The summed E-state index contributed by atoms with van der Waals surface area (Å²) in [6.07, 6.45) is 3.72. The number of thioether (sulfide) groups is 1. The van der Waals surface area contributed by atoms with E-state index in [9.17, 15) is 4.79 Å². The number of amides is 1. The Bertz CT molecular complexity index is 1010. The summed E-state index contributed by atoms with van der Waals surface area (Å²) in [6.45, 7) is 1.37. The molecular weight excluding hydrogens is 420 g/mol. The van der Waals surface area contributed by atoms with Crippen LogP contribution in [0, 0.1) is 0 Å². The topological polar surface area (TPSA) is 101 Å². The number of nitrogens with zero attached hydrogens (tertiary/aromatic N) is 3. The fourth-order valence-electron chi connectivity index (χ4n) is 3.37. The van der Waals surface area contributed by atoms with E-state index in [2.05, 4.69) is 15.5 Å². The molecule has 1 aliphatic heterocycles. The van der Waals surface area contributed by atoms with E-state index in [0.29, 0.717) is 40.5 Å². The summed E-state index contributed by atoms with van der Waals surface area (Å²) in [5.41, 5.74) is 0.546. The Morgan fingerprint density at radius 1 is 1.29 bits per heavy atom. The highest BCUT2D eigenvalue weighted by atomic mass is 32.2. The van der Waals surface area contributed by atoms with Crippen molar-refractivity contribution in [1.29, 1.82) is 0 Å². The molecule has 31 heavy (non-hydrogen) atoms. The molecule has 1 N–H and O–H groups in total. The van der Waals surface area contributed by atoms with Gasteiger partial charge in [-0.2, -0.15) is 0 Å². The minimum absolute atomic E-state index is 0.0962. The van der Waals surface area contributed by atoms with E-state index < -0.39 is 0 Å². The number of methoxy groups -OCH3 is 2. The maximum Gasteiger partial charge on any atom is 0.234 e. The molecule has 0 aliphatic carbocycles. The smallest absolute Gasteiger partial charge is 0.234 e. The van der Waals surface area contributed by atoms with Crippen LogP contribution in [0.3, 0.4) is 0 Å². The minimum atomic E-state index is -0.192. The quantitative estimate of drug-likeness (QED) is 0.501. The molecule has 9 nitrogen and oxygen atoms in total. The highest BCUT2D eigenvalue weighted by Crippen LogP contribution is 2.30. The van der Waals surface area contributed by atoms with E-state index >= 15 is 0 Å². The molecule has 1 fully saturated rings. The molecule has 0 spiro atoms. The fourth-order valence-corrected chi connectivity index (χ4v) is 4.12. The first-order chi connectivity index (χ1) is 15.2. The number of ether oxygens (including phenoxy) is 3. The molecule has 4 rings (SSSR count). The third kappa shape index (κ3) is 5.02. The maximum absolute atomic E-state index is 12.6. The van der Waals surface area contributed by atoms with Gasteiger partial charge in [0.1, 0.15) is 11.5 Å². The van der Waals surface area contributed by atoms with Crippen LogP contribution < -0.4 is 14.8 Å². The molecule has 164 valence electrons. The van der Waals surface area contributed by atoms with E-state index in [1.165, 1.54) is 11.8 Å². The highest BCUT2D eigenvalue weighted by Gasteiger charge is 2.23. The van der Waals surface area contributed by atoms with Crippen molar-refractivity contribution in [2.24, 2.45) is 0 Å². The highest BCUT2D eigenvalue weighted by molar-refractivity contribution is 7.99. The first-order valence-corrected chi connectivity index (χ1v) is 10.9.